The van der Waals surface area contributed by atoms with Crippen molar-refractivity contribution in [3.05, 3.63) is 77.5 Å². The maximum Gasteiger partial charge on any atom is 0.338 e. The molecule has 1 N–H and O–H groups in total. The van der Waals surface area contributed by atoms with Crippen LogP contribution in [-0.4, -0.2) is 23.1 Å². The zero-order chi connectivity index (χ0) is 23.3. The molecule has 0 unspecified atom stereocenters. The monoisotopic (exact) mass is 432 g/mol. The van der Waals surface area contributed by atoms with Gasteiger partial charge in [-0.1, -0.05) is 45.4 Å². The summed E-state index contributed by atoms with van der Waals surface area (Å²) in [5.74, 6) is -0.200. The first-order valence-electron chi connectivity index (χ1n) is 11.2. The maximum absolute atomic E-state index is 13.3. The van der Waals surface area contributed by atoms with Crippen LogP contribution in [0.25, 0.3) is 10.9 Å². The van der Waals surface area contributed by atoms with Gasteiger partial charge in [-0.2, -0.15) is 0 Å². The van der Waals surface area contributed by atoms with Gasteiger partial charge in [0.25, 0.3) is 5.91 Å². The molecule has 0 spiro atoms. The third-order valence-electron chi connectivity index (χ3n) is 5.62. The summed E-state index contributed by atoms with van der Waals surface area (Å²) in [6.45, 7) is 13.1. The maximum atomic E-state index is 13.3. The lowest BCUT2D eigenvalue weighted by molar-refractivity contribution is 0.0499. The van der Waals surface area contributed by atoms with Crippen molar-refractivity contribution >= 4 is 28.5 Å². The highest BCUT2D eigenvalue weighted by molar-refractivity contribution is 6.08. The number of aryl methyl sites for hydroxylation is 1. The number of carbonyl (C=O) groups is 2. The molecule has 5 heteroatoms. The minimum atomic E-state index is -0.382. The van der Waals surface area contributed by atoms with Gasteiger partial charge in [-0.25, -0.2) is 4.79 Å². The Hall–Kier alpha value is -3.34. The number of rotatable bonds is 9. The summed E-state index contributed by atoms with van der Waals surface area (Å²) in [7, 11) is 0. The Morgan fingerprint density at radius 2 is 1.97 bits per heavy atom. The third-order valence-corrected chi connectivity index (χ3v) is 5.62. The van der Waals surface area contributed by atoms with Crippen molar-refractivity contribution in [1.82, 2.24) is 4.57 Å². The van der Waals surface area contributed by atoms with Gasteiger partial charge in [0.1, 0.15) is 5.69 Å². The fourth-order valence-corrected chi connectivity index (χ4v) is 3.82. The second-order valence-electron chi connectivity index (χ2n) is 8.33. The summed E-state index contributed by atoms with van der Waals surface area (Å²) in [6, 6.07) is 13.2. The van der Waals surface area contributed by atoms with Crippen LogP contribution in [0.1, 0.15) is 71.5 Å². The van der Waals surface area contributed by atoms with Crippen molar-refractivity contribution in [2.75, 3.05) is 11.9 Å². The van der Waals surface area contributed by atoms with Crippen molar-refractivity contribution in [3.63, 3.8) is 0 Å². The van der Waals surface area contributed by atoms with Crippen molar-refractivity contribution in [1.29, 1.82) is 0 Å². The number of allylic oxidation sites excluding steroid dienone is 1. The highest BCUT2D eigenvalue weighted by Crippen LogP contribution is 2.30. The molecule has 168 valence electrons. The molecule has 0 atom stereocenters. The van der Waals surface area contributed by atoms with Crippen LogP contribution >= 0.6 is 0 Å². The standard InChI is InChI=1S/C27H32N2O3/c1-6-8-15-32-27(31)21-10-9-11-22(16-21)28-26(30)25-19(5)23-17-20(18(3)4)12-13-24(23)29(25)14-7-2/h7,9-13,16-18H,2,6,8,14-15H2,1,3-5H3,(H,28,30). The molecule has 0 saturated heterocycles. The molecular weight excluding hydrogens is 400 g/mol. The Labute approximate surface area is 190 Å². The summed E-state index contributed by atoms with van der Waals surface area (Å²) >= 11 is 0. The smallest absolute Gasteiger partial charge is 0.338 e. The van der Waals surface area contributed by atoms with Gasteiger partial charge in [-0.3, -0.25) is 4.79 Å². The minimum Gasteiger partial charge on any atom is -0.462 e. The molecule has 0 aliphatic rings. The van der Waals surface area contributed by atoms with E-state index < -0.39 is 0 Å². The van der Waals surface area contributed by atoms with E-state index in [4.69, 9.17) is 4.74 Å². The van der Waals surface area contributed by atoms with E-state index in [9.17, 15) is 9.59 Å². The van der Waals surface area contributed by atoms with Crippen LogP contribution in [0, 0.1) is 6.92 Å². The van der Waals surface area contributed by atoms with Crippen LogP contribution in [0.3, 0.4) is 0 Å². The molecule has 0 saturated carbocycles. The molecule has 2 aromatic carbocycles. The van der Waals surface area contributed by atoms with Crippen molar-refractivity contribution in [2.45, 2.75) is 53.0 Å². The average Bonchev–Trinajstić information content (AvgIpc) is 3.05. The second-order valence-corrected chi connectivity index (χ2v) is 8.33. The van der Waals surface area contributed by atoms with Gasteiger partial charge in [0, 0.05) is 23.1 Å². The summed E-state index contributed by atoms with van der Waals surface area (Å²) in [5, 5.41) is 4.02. The molecule has 0 aliphatic heterocycles. The SMILES string of the molecule is C=CCn1c(C(=O)Nc2cccc(C(=O)OCCCC)c2)c(C)c2cc(C(C)C)ccc21. The first kappa shape index (κ1) is 23.3. The molecule has 0 fully saturated rings. The summed E-state index contributed by atoms with van der Waals surface area (Å²) in [5.41, 5.74) is 4.73. The Morgan fingerprint density at radius 3 is 2.66 bits per heavy atom. The number of fused-ring (bicyclic) bond motifs is 1. The van der Waals surface area contributed by atoms with Gasteiger partial charge in [0.2, 0.25) is 0 Å². The number of carbonyl (C=O) groups excluding carboxylic acids is 2. The molecule has 0 bridgehead atoms. The number of amides is 1. The van der Waals surface area contributed by atoms with E-state index in [0.717, 1.165) is 29.3 Å². The number of nitrogens with one attached hydrogen (secondary N) is 1. The normalized spacial score (nSPS) is 11.0. The number of aromatic nitrogens is 1. The number of hydrogen-bond donors (Lipinski definition) is 1. The highest BCUT2D eigenvalue weighted by atomic mass is 16.5. The van der Waals surface area contributed by atoms with Crippen molar-refractivity contribution < 1.29 is 14.3 Å². The molecule has 1 aromatic heterocycles. The zero-order valence-electron chi connectivity index (χ0n) is 19.4. The molecule has 32 heavy (non-hydrogen) atoms. The van der Waals surface area contributed by atoms with Crippen LogP contribution in [0.15, 0.2) is 55.1 Å². The van der Waals surface area contributed by atoms with E-state index in [1.807, 2.05) is 18.4 Å². The summed E-state index contributed by atoms with van der Waals surface area (Å²) in [6.07, 6.45) is 3.58. The summed E-state index contributed by atoms with van der Waals surface area (Å²) in [4.78, 5) is 25.6. The number of benzene rings is 2. The van der Waals surface area contributed by atoms with Crippen LogP contribution in [0.4, 0.5) is 5.69 Å². The predicted molar refractivity (Wildman–Crippen MR) is 131 cm³/mol. The summed E-state index contributed by atoms with van der Waals surface area (Å²) < 4.78 is 7.27. The Kier molecular flexibility index (Phi) is 7.52. The Bertz CT molecular complexity index is 1140. The van der Waals surface area contributed by atoms with E-state index in [0.29, 0.717) is 36.0 Å². The predicted octanol–water partition coefficient (Wildman–Crippen LogP) is 6.47. The van der Waals surface area contributed by atoms with Gasteiger partial charge < -0.3 is 14.6 Å². The quantitative estimate of drug-likeness (QED) is 0.239. The van der Waals surface area contributed by atoms with Gasteiger partial charge >= 0.3 is 5.97 Å². The van der Waals surface area contributed by atoms with Crippen LogP contribution < -0.4 is 5.32 Å². The fraction of sp³-hybridized carbons (Fsp3) is 0.333. The first-order valence-corrected chi connectivity index (χ1v) is 11.2. The van der Waals surface area contributed by atoms with Crippen molar-refractivity contribution in [3.8, 4) is 0 Å². The van der Waals surface area contributed by atoms with E-state index in [1.54, 1.807) is 30.3 Å². The topological polar surface area (TPSA) is 60.3 Å². The molecular formula is C27H32N2O3. The third kappa shape index (κ3) is 4.93. The number of ether oxygens (including phenoxy) is 1. The molecule has 5 nitrogen and oxygen atoms in total. The molecule has 0 aliphatic carbocycles. The largest absolute Gasteiger partial charge is 0.462 e. The lowest BCUT2D eigenvalue weighted by atomic mass is 10.0. The molecule has 1 heterocycles. The number of hydrogen-bond acceptors (Lipinski definition) is 3. The fourth-order valence-electron chi connectivity index (χ4n) is 3.82. The first-order chi connectivity index (χ1) is 15.4. The van der Waals surface area contributed by atoms with Crippen LogP contribution in [0.2, 0.25) is 0 Å². The minimum absolute atomic E-state index is 0.219. The second kappa shape index (κ2) is 10.3. The number of anilines is 1. The molecule has 1 amide bonds. The van der Waals surface area contributed by atoms with Crippen LogP contribution in [-0.2, 0) is 11.3 Å². The number of esters is 1. The average molecular weight is 433 g/mol. The van der Waals surface area contributed by atoms with Crippen molar-refractivity contribution in [2.24, 2.45) is 0 Å². The number of nitrogens with zero attached hydrogens (tertiary/aromatic N) is 1. The van der Waals surface area contributed by atoms with E-state index in [2.05, 4.69) is 43.9 Å². The van der Waals surface area contributed by atoms with Gasteiger partial charge in [-0.05, 0) is 60.7 Å². The molecule has 0 radical (unpaired) electrons. The number of unbranched alkanes of at least 4 members (excludes halogenated alkanes) is 1. The zero-order valence-corrected chi connectivity index (χ0v) is 19.4. The van der Waals surface area contributed by atoms with E-state index in [-0.39, 0.29) is 11.9 Å². The van der Waals surface area contributed by atoms with Gasteiger partial charge in [-0.15, -0.1) is 6.58 Å². The Morgan fingerprint density at radius 1 is 1.19 bits per heavy atom. The molecule has 3 aromatic rings. The lowest BCUT2D eigenvalue weighted by Crippen LogP contribution is -2.18. The Balaban J connectivity index is 1.92. The highest BCUT2D eigenvalue weighted by Gasteiger charge is 2.21. The van der Waals surface area contributed by atoms with Gasteiger partial charge in [0.05, 0.1) is 12.2 Å². The lowest BCUT2D eigenvalue weighted by Gasteiger charge is -2.11. The molecule has 3 rings (SSSR count). The van der Waals surface area contributed by atoms with E-state index in [1.165, 1.54) is 5.56 Å². The van der Waals surface area contributed by atoms with Gasteiger partial charge in [0.15, 0.2) is 0 Å². The van der Waals surface area contributed by atoms with E-state index >= 15 is 0 Å². The van der Waals surface area contributed by atoms with Crippen LogP contribution in [0.5, 0.6) is 0 Å².